The summed E-state index contributed by atoms with van der Waals surface area (Å²) in [6, 6.07) is 11.3. The number of nitrogens with zero attached hydrogens (tertiary/aromatic N) is 3. The van der Waals surface area contributed by atoms with Crippen molar-refractivity contribution in [1.29, 1.82) is 0 Å². The van der Waals surface area contributed by atoms with Gasteiger partial charge in [0.1, 0.15) is 17.5 Å². The Morgan fingerprint density at radius 2 is 1.87 bits per heavy atom. The zero-order valence-electron chi connectivity index (χ0n) is 30.6. The maximum Gasteiger partial charge on any atom is 0.410 e. The summed E-state index contributed by atoms with van der Waals surface area (Å²) in [6.45, 7) is 11.9. The number of halogens is 1. The Morgan fingerprint density at radius 1 is 1.08 bits per heavy atom. The quantitative estimate of drug-likeness (QED) is 0.395. The summed E-state index contributed by atoms with van der Waals surface area (Å²) in [4.78, 5) is 33.4. The lowest BCUT2D eigenvalue weighted by Crippen LogP contribution is -2.52. The number of ether oxygens (including phenoxy) is 3. The third-order valence-electron chi connectivity index (χ3n) is 11.9. The van der Waals surface area contributed by atoms with Crippen LogP contribution in [-0.4, -0.2) is 100 Å². The third-order valence-corrected chi connectivity index (χ3v) is 13.4. The summed E-state index contributed by atoms with van der Waals surface area (Å²) in [5.41, 5.74) is 1.28. The lowest BCUT2D eigenvalue weighted by atomic mass is 9.68. The van der Waals surface area contributed by atoms with Gasteiger partial charge in [0.2, 0.25) is 0 Å². The summed E-state index contributed by atoms with van der Waals surface area (Å²) in [5.74, 6) is -0.00148. The van der Waals surface area contributed by atoms with Crippen LogP contribution < -0.4 is 14.4 Å². The second-order valence-corrected chi connectivity index (χ2v) is 18.0. The fraction of sp³-hybridized carbons (Fsp3) is 0.590. The average molecular weight is 755 g/mol. The highest BCUT2D eigenvalue weighted by molar-refractivity contribution is 7.90. The zero-order chi connectivity index (χ0) is 36.8. The number of hydrogen-bond donors (Lipinski definition) is 1. The number of carbonyl (C=O) groups is 2. The number of rotatable bonds is 2. The molecule has 13 heteroatoms. The van der Waals surface area contributed by atoms with Crippen molar-refractivity contribution in [3.8, 4) is 5.75 Å². The van der Waals surface area contributed by atoms with Crippen LogP contribution in [0.3, 0.4) is 0 Å². The van der Waals surface area contributed by atoms with Crippen molar-refractivity contribution in [3.05, 3.63) is 64.7 Å². The van der Waals surface area contributed by atoms with Crippen LogP contribution in [-0.2, 0) is 36.1 Å². The number of carbonyl (C=O) groups excluding carboxylic acids is 2. The molecule has 2 amide bonds. The third kappa shape index (κ3) is 7.41. The number of piperazine rings is 1. The topological polar surface area (TPSA) is 118 Å². The Labute approximate surface area is 312 Å². The fourth-order valence-corrected chi connectivity index (χ4v) is 9.81. The van der Waals surface area contributed by atoms with Gasteiger partial charge in [-0.05, 0) is 113 Å². The van der Waals surface area contributed by atoms with Crippen LogP contribution in [0.25, 0.3) is 0 Å². The summed E-state index contributed by atoms with van der Waals surface area (Å²) >= 11 is 6.45. The Bertz CT molecular complexity index is 1830. The van der Waals surface area contributed by atoms with Gasteiger partial charge in [-0.2, -0.15) is 0 Å². The molecular weight excluding hydrogens is 704 g/mol. The molecule has 3 heterocycles. The van der Waals surface area contributed by atoms with Crippen LogP contribution in [0.4, 0.5) is 10.5 Å². The number of fused-ring (bicyclic) bond motifs is 4. The summed E-state index contributed by atoms with van der Waals surface area (Å²) in [7, 11) is -4.24. The molecule has 5 aliphatic rings. The van der Waals surface area contributed by atoms with E-state index in [4.69, 9.17) is 25.8 Å². The van der Waals surface area contributed by atoms with E-state index in [1.54, 1.807) is 23.1 Å². The standard InChI is InChI=1S/C39H51ClN4O7S/c1-26(2)42-16-18-43(19-17-42)37(46)51-34-8-6-20-50-38(3,4)36(45)41-52(47,48)30-11-14-35-33(22-30)44(23-28-9-12-31(28)34)24-39(25-49-35)15-5-7-27-21-29(40)10-13-32(27)39/h6,8,10-11,13-14,21-22,26,28,31,34H,5,7,9,12,15-20,23-25H2,1-4H3,(H,41,45)/t28-,31+,34-,39-/m0/s1. The van der Waals surface area contributed by atoms with Crippen LogP contribution in [0.2, 0.25) is 5.02 Å². The van der Waals surface area contributed by atoms with Crippen molar-refractivity contribution in [3.63, 3.8) is 0 Å². The molecule has 2 bridgehead atoms. The molecule has 2 fully saturated rings. The van der Waals surface area contributed by atoms with Crippen LogP contribution >= 0.6 is 11.6 Å². The summed E-state index contributed by atoms with van der Waals surface area (Å²) in [5, 5.41) is 0.705. The van der Waals surface area contributed by atoms with Crippen molar-refractivity contribution in [2.24, 2.45) is 11.8 Å². The second-order valence-electron chi connectivity index (χ2n) is 15.9. The van der Waals surface area contributed by atoms with Crippen LogP contribution in [0.5, 0.6) is 5.75 Å². The number of anilines is 1. The van der Waals surface area contributed by atoms with E-state index in [1.807, 2.05) is 12.1 Å². The van der Waals surface area contributed by atoms with Gasteiger partial charge in [-0.15, -0.1) is 0 Å². The molecule has 7 rings (SSSR count). The van der Waals surface area contributed by atoms with Crippen LogP contribution in [0.15, 0.2) is 53.4 Å². The predicted molar refractivity (Wildman–Crippen MR) is 199 cm³/mol. The molecule has 4 atom stereocenters. The van der Waals surface area contributed by atoms with E-state index in [0.717, 1.165) is 45.2 Å². The zero-order valence-corrected chi connectivity index (χ0v) is 32.2. The maximum atomic E-state index is 13.7. The van der Waals surface area contributed by atoms with E-state index in [0.29, 0.717) is 55.3 Å². The van der Waals surface area contributed by atoms with Gasteiger partial charge >= 0.3 is 6.09 Å². The van der Waals surface area contributed by atoms with Crippen molar-refractivity contribution >= 4 is 39.3 Å². The molecule has 0 aromatic heterocycles. The van der Waals surface area contributed by atoms with Crippen molar-refractivity contribution in [2.45, 2.75) is 87.9 Å². The monoisotopic (exact) mass is 754 g/mol. The molecule has 1 spiro atoms. The first-order valence-corrected chi connectivity index (χ1v) is 20.5. The smallest absolute Gasteiger partial charge is 0.410 e. The van der Waals surface area contributed by atoms with E-state index in [2.05, 4.69) is 40.5 Å². The fourth-order valence-electron chi connectivity index (χ4n) is 8.49. The number of benzene rings is 2. The Hall–Kier alpha value is -3.32. The van der Waals surface area contributed by atoms with E-state index < -0.39 is 27.6 Å². The molecule has 2 aliphatic carbocycles. The summed E-state index contributed by atoms with van der Waals surface area (Å²) < 4.78 is 48.4. The van der Waals surface area contributed by atoms with Gasteiger partial charge < -0.3 is 24.0 Å². The van der Waals surface area contributed by atoms with Crippen molar-refractivity contribution in [2.75, 3.05) is 57.4 Å². The van der Waals surface area contributed by atoms with Crippen LogP contribution in [0, 0.1) is 11.8 Å². The number of hydrogen-bond acceptors (Lipinski definition) is 9. The molecule has 282 valence electrons. The molecule has 2 aromatic carbocycles. The minimum atomic E-state index is -4.24. The predicted octanol–water partition coefficient (Wildman–Crippen LogP) is 5.54. The van der Waals surface area contributed by atoms with Gasteiger partial charge in [-0.25, -0.2) is 17.9 Å². The number of amides is 2. The Balaban J connectivity index is 1.24. The minimum Gasteiger partial charge on any atom is -0.490 e. The number of sulfonamides is 1. The molecule has 3 aliphatic heterocycles. The van der Waals surface area contributed by atoms with Gasteiger partial charge in [0, 0.05) is 61.7 Å². The van der Waals surface area contributed by atoms with Gasteiger partial charge in [-0.1, -0.05) is 23.7 Å². The molecule has 52 heavy (non-hydrogen) atoms. The van der Waals surface area contributed by atoms with E-state index in [9.17, 15) is 18.0 Å². The molecule has 1 saturated carbocycles. The maximum absolute atomic E-state index is 13.7. The Kier molecular flexibility index (Phi) is 10.3. The Morgan fingerprint density at radius 3 is 2.60 bits per heavy atom. The molecule has 0 unspecified atom stereocenters. The largest absolute Gasteiger partial charge is 0.490 e. The van der Waals surface area contributed by atoms with Gasteiger partial charge in [0.15, 0.2) is 0 Å². The van der Waals surface area contributed by atoms with Gasteiger partial charge in [-0.3, -0.25) is 9.69 Å². The van der Waals surface area contributed by atoms with E-state index in [1.165, 1.54) is 31.0 Å². The highest BCUT2D eigenvalue weighted by Gasteiger charge is 2.45. The number of nitrogens with one attached hydrogen (secondary N) is 1. The first-order chi connectivity index (χ1) is 24.7. The van der Waals surface area contributed by atoms with Crippen molar-refractivity contribution in [1.82, 2.24) is 14.5 Å². The first kappa shape index (κ1) is 37.0. The SMILES string of the molecule is CC(C)N1CCN(C(=O)O[C@H]2C=CCOC(C)(C)C(=O)NS(=O)(=O)c3ccc4c(c3)N(C[C@@H]3CC[C@H]32)C[C@@]2(CCCc3cc(Cl)ccc32)CO4)CC1. The highest BCUT2D eigenvalue weighted by atomic mass is 35.5. The molecule has 11 nitrogen and oxygen atoms in total. The molecular formula is C39H51ClN4O7S. The lowest BCUT2D eigenvalue weighted by Gasteiger charge is -2.46. The van der Waals surface area contributed by atoms with Crippen molar-refractivity contribution < 1.29 is 32.2 Å². The minimum absolute atomic E-state index is 0.0303. The van der Waals surface area contributed by atoms with E-state index in [-0.39, 0.29) is 34.8 Å². The van der Waals surface area contributed by atoms with E-state index >= 15 is 0 Å². The van der Waals surface area contributed by atoms with Gasteiger partial charge in [0.05, 0.1) is 23.8 Å². The van der Waals surface area contributed by atoms with Crippen LogP contribution in [0.1, 0.15) is 64.5 Å². The molecule has 0 radical (unpaired) electrons. The normalized spacial score (nSPS) is 28.9. The highest BCUT2D eigenvalue weighted by Crippen LogP contribution is 2.47. The molecule has 1 N–H and O–H groups in total. The van der Waals surface area contributed by atoms with Gasteiger partial charge in [0.25, 0.3) is 15.9 Å². The summed E-state index contributed by atoms with van der Waals surface area (Å²) in [6.07, 6.45) is 7.47. The molecule has 1 saturated heterocycles. The molecule has 2 aromatic rings. The second kappa shape index (κ2) is 14.5. The number of aryl methyl sites for hydroxylation is 1. The average Bonchev–Trinajstić information content (AvgIpc) is 3.24. The first-order valence-electron chi connectivity index (χ1n) is 18.6. The lowest BCUT2D eigenvalue weighted by molar-refractivity contribution is -0.139.